The lowest BCUT2D eigenvalue weighted by molar-refractivity contribution is -0.137. The molecule has 0 radical (unpaired) electrons. The van der Waals surface area contributed by atoms with Crippen molar-refractivity contribution in [3.05, 3.63) is 60.3 Å². The van der Waals surface area contributed by atoms with Crippen molar-refractivity contribution in [3.63, 3.8) is 0 Å². The Kier molecular flexibility index (Phi) is 6.20. The number of fused-ring (bicyclic) bond motifs is 1. The van der Waals surface area contributed by atoms with Crippen LogP contribution in [0.25, 0.3) is 10.9 Å². The second kappa shape index (κ2) is 9.36. The smallest absolute Gasteiger partial charge is 0.253 e. The van der Waals surface area contributed by atoms with Gasteiger partial charge in [-0.1, -0.05) is 18.2 Å². The number of nitrogens with zero attached hydrogens (tertiary/aromatic N) is 5. The van der Waals surface area contributed by atoms with E-state index in [1.807, 2.05) is 42.5 Å². The summed E-state index contributed by atoms with van der Waals surface area (Å²) in [6.45, 7) is 4.59. The van der Waals surface area contributed by atoms with Gasteiger partial charge in [0.25, 0.3) is 5.91 Å². The van der Waals surface area contributed by atoms with Crippen LogP contribution < -0.4 is 4.90 Å². The fourth-order valence-corrected chi connectivity index (χ4v) is 5.46. The lowest BCUT2D eigenvalue weighted by Gasteiger charge is -2.43. The van der Waals surface area contributed by atoms with E-state index in [4.69, 9.17) is 0 Å². The van der Waals surface area contributed by atoms with Crippen LogP contribution in [0.15, 0.2) is 54.7 Å². The second-order valence-corrected chi connectivity index (χ2v) is 10.6. The summed E-state index contributed by atoms with van der Waals surface area (Å²) in [5.74, 6) is -0.293. The van der Waals surface area contributed by atoms with E-state index in [1.165, 1.54) is 0 Å². The molecule has 37 heavy (non-hydrogen) atoms. The van der Waals surface area contributed by atoms with Crippen molar-refractivity contribution in [2.75, 3.05) is 31.2 Å². The summed E-state index contributed by atoms with van der Waals surface area (Å²) in [6, 6.07) is 17.4. The van der Waals surface area contributed by atoms with Crippen LogP contribution in [-0.2, 0) is 9.59 Å². The number of rotatable bonds is 6. The highest BCUT2D eigenvalue weighted by molar-refractivity contribution is 5.99. The summed E-state index contributed by atoms with van der Waals surface area (Å²) >= 11 is 0. The number of piperidine rings is 1. The predicted molar refractivity (Wildman–Crippen MR) is 138 cm³/mol. The first-order valence-electron chi connectivity index (χ1n) is 12.5. The van der Waals surface area contributed by atoms with Crippen LogP contribution in [0.4, 0.5) is 5.69 Å². The number of aromatic nitrogens is 2. The zero-order valence-corrected chi connectivity index (χ0v) is 21.1. The highest BCUT2D eigenvalue weighted by atomic mass is 16.2. The number of anilines is 1. The van der Waals surface area contributed by atoms with Crippen LogP contribution in [0.2, 0.25) is 0 Å². The number of ketones is 1. The van der Waals surface area contributed by atoms with Crippen LogP contribution in [0.1, 0.15) is 43.5 Å². The number of benzene rings is 2. The molecule has 2 saturated heterocycles. The third-order valence-corrected chi connectivity index (χ3v) is 7.46. The number of para-hydroxylation sites is 1. The molecule has 0 saturated carbocycles. The lowest BCUT2D eigenvalue weighted by Crippen LogP contribution is -2.57. The van der Waals surface area contributed by atoms with E-state index in [1.54, 1.807) is 35.9 Å². The van der Waals surface area contributed by atoms with Crippen molar-refractivity contribution < 1.29 is 14.4 Å². The Morgan fingerprint density at radius 3 is 2.57 bits per heavy atom. The van der Waals surface area contributed by atoms with Gasteiger partial charge >= 0.3 is 0 Å². The van der Waals surface area contributed by atoms with E-state index < -0.39 is 11.0 Å². The van der Waals surface area contributed by atoms with Gasteiger partial charge in [0.05, 0.1) is 36.4 Å². The van der Waals surface area contributed by atoms with Gasteiger partial charge in [-0.3, -0.25) is 19.5 Å². The molecule has 1 spiro atoms. The monoisotopic (exact) mass is 498 g/mol. The van der Waals surface area contributed by atoms with Gasteiger partial charge in [-0.25, -0.2) is 0 Å². The fraction of sp³-hybridized carbons (Fsp3) is 0.393. The average Bonchev–Trinajstić information content (AvgIpc) is 3.47. The fourth-order valence-electron chi connectivity index (χ4n) is 5.46. The largest absolute Gasteiger partial charge is 0.339 e. The molecule has 1 N–H and O–H groups in total. The summed E-state index contributed by atoms with van der Waals surface area (Å²) in [4.78, 5) is 45.4. The maximum atomic E-state index is 13.9. The van der Waals surface area contributed by atoms with Crippen LogP contribution in [-0.4, -0.2) is 69.4 Å². The zero-order valence-electron chi connectivity index (χ0n) is 21.1. The van der Waals surface area contributed by atoms with Gasteiger partial charge in [0.15, 0.2) is 5.78 Å². The summed E-state index contributed by atoms with van der Waals surface area (Å²) in [7, 11) is 0. The van der Waals surface area contributed by atoms with E-state index in [9.17, 15) is 19.6 Å². The van der Waals surface area contributed by atoms with Crippen LogP contribution in [0.3, 0.4) is 0 Å². The Morgan fingerprint density at radius 1 is 1.14 bits per heavy atom. The van der Waals surface area contributed by atoms with E-state index in [-0.39, 0.29) is 30.6 Å². The highest BCUT2D eigenvalue weighted by Crippen LogP contribution is 2.40. The molecule has 0 atom stereocenters. The molecule has 3 aromatic rings. The Bertz CT molecular complexity index is 1380. The number of carbonyl (C=O) groups excluding carboxylic acids is 3. The molecule has 5 rings (SSSR count). The van der Waals surface area contributed by atoms with Gasteiger partial charge in [-0.05, 0) is 57.0 Å². The number of hydrogen-bond donors (Lipinski definition) is 1. The molecule has 190 valence electrons. The summed E-state index contributed by atoms with van der Waals surface area (Å²) in [6.07, 6.45) is 2.72. The minimum Gasteiger partial charge on any atom is -0.339 e. The number of likely N-dealkylation sites (tertiary alicyclic amines) is 1. The van der Waals surface area contributed by atoms with Crippen LogP contribution in [0.5, 0.6) is 0 Å². The number of amides is 2. The topological polar surface area (TPSA) is 113 Å². The molecule has 9 heteroatoms. The molecule has 1 aromatic heterocycles. The average molecular weight is 499 g/mol. The number of Topliss-reactive ketones (excluding diaryl/α,β-unsaturated/α-hetero) is 1. The quantitative estimate of drug-likeness (QED) is 0.558. The Hall–Kier alpha value is -4.19. The third-order valence-electron chi connectivity index (χ3n) is 7.46. The highest BCUT2D eigenvalue weighted by Gasteiger charge is 2.54. The molecule has 9 nitrogen and oxygen atoms in total. The van der Waals surface area contributed by atoms with Crippen LogP contribution in [0, 0.1) is 16.7 Å². The van der Waals surface area contributed by atoms with Gasteiger partial charge in [0.1, 0.15) is 5.54 Å². The van der Waals surface area contributed by atoms with E-state index in [0.717, 1.165) is 16.6 Å². The molecule has 0 bridgehead atoms. The molecular formula is C28H30N6O3. The van der Waals surface area contributed by atoms with Crippen LogP contribution >= 0.6 is 0 Å². The van der Waals surface area contributed by atoms with Crippen molar-refractivity contribution >= 4 is 34.2 Å². The first-order valence-corrected chi connectivity index (χ1v) is 12.5. The Morgan fingerprint density at radius 2 is 1.86 bits per heavy atom. The second-order valence-electron chi connectivity index (χ2n) is 10.6. The standard InChI is InChI=1S/C28H30N6O3/c1-27(2,18-29)15-23(35)17-33-19-34(22-6-4-3-5-7-22)28(26(33)37)10-12-32(13-11-28)25(36)20-8-9-24-21(14-20)16-30-31-24/h3-9,14,16H,10-13,15,17,19H2,1-2H3,(H,30,31). The normalized spacial score (nSPS) is 17.4. The molecule has 2 aliphatic heterocycles. The van der Waals surface area contributed by atoms with E-state index in [0.29, 0.717) is 38.2 Å². The van der Waals surface area contributed by atoms with Crippen molar-refractivity contribution in [2.24, 2.45) is 5.41 Å². The zero-order chi connectivity index (χ0) is 26.2. The minimum atomic E-state index is -0.822. The number of nitrogens with one attached hydrogen (secondary N) is 1. The molecule has 3 heterocycles. The van der Waals surface area contributed by atoms with Crippen molar-refractivity contribution in [1.82, 2.24) is 20.0 Å². The van der Waals surface area contributed by atoms with Gasteiger partial charge < -0.3 is 14.7 Å². The molecule has 2 aliphatic rings. The molecule has 0 unspecified atom stereocenters. The van der Waals surface area contributed by atoms with Crippen molar-refractivity contribution in [2.45, 2.75) is 38.6 Å². The first-order chi connectivity index (χ1) is 17.7. The minimum absolute atomic E-state index is 0.0254. The first kappa shape index (κ1) is 24.5. The number of aromatic amines is 1. The maximum Gasteiger partial charge on any atom is 0.253 e. The molecular weight excluding hydrogens is 468 g/mol. The molecule has 2 aromatic carbocycles. The Labute approximate surface area is 215 Å². The molecule has 2 fully saturated rings. The molecule has 2 amide bonds. The SMILES string of the molecule is CC(C)(C#N)CC(=O)CN1CN(c2ccccc2)C2(CCN(C(=O)c3ccc4[nH]ncc4c3)CC2)C1=O. The molecule has 0 aliphatic carbocycles. The van der Waals surface area contributed by atoms with Crippen molar-refractivity contribution in [3.8, 4) is 6.07 Å². The van der Waals surface area contributed by atoms with Gasteiger partial charge in [-0.15, -0.1) is 0 Å². The van der Waals surface area contributed by atoms with Gasteiger partial charge in [-0.2, -0.15) is 10.4 Å². The van der Waals surface area contributed by atoms with E-state index in [2.05, 4.69) is 21.2 Å². The maximum absolute atomic E-state index is 13.9. The number of carbonyl (C=O) groups is 3. The number of nitriles is 1. The van der Waals surface area contributed by atoms with Crippen molar-refractivity contribution in [1.29, 1.82) is 5.26 Å². The van der Waals surface area contributed by atoms with Gasteiger partial charge in [0.2, 0.25) is 5.91 Å². The van der Waals surface area contributed by atoms with E-state index >= 15 is 0 Å². The summed E-state index contributed by atoms with van der Waals surface area (Å²) in [5.41, 5.74) is 0.777. The summed E-state index contributed by atoms with van der Waals surface area (Å²) in [5, 5.41) is 17.1. The van der Waals surface area contributed by atoms with Gasteiger partial charge in [0, 0.05) is 36.1 Å². The number of hydrogen-bond acceptors (Lipinski definition) is 6. The predicted octanol–water partition coefficient (Wildman–Crippen LogP) is 3.35. The number of H-pyrrole nitrogens is 1. The summed E-state index contributed by atoms with van der Waals surface area (Å²) < 4.78 is 0. The third kappa shape index (κ3) is 4.55. The lowest BCUT2D eigenvalue weighted by atomic mass is 9.85. The Balaban J connectivity index is 1.35.